The molecule has 0 aromatic heterocycles. The van der Waals surface area contributed by atoms with Gasteiger partial charge in [0.15, 0.2) is 0 Å². The molecule has 162 valence electrons. The third kappa shape index (κ3) is 3.87. The lowest BCUT2D eigenvalue weighted by Crippen LogP contribution is -2.29. The Morgan fingerprint density at radius 2 is 1.75 bits per heavy atom. The van der Waals surface area contributed by atoms with E-state index < -0.39 is 23.5 Å². The van der Waals surface area contributed by atoms with Crippen LogP contribution < -0.4 is 9.64 Å². The number of carbonyl (C=O) groups is 2. The van der Waals surface area contributed by atoms with Crippen molar-refractivity contribution in [1.82, 2.24) is 0 Å². The summed E-state index contributed by atoms with van der Waals surface area (Å²) in [4.78, 5) is 27.4. The Hall–Kier alpha value is -3.93. The van der Waals surface area contributed by atoms with Gasteiger partial charge >= 0.3 is 0 Å². The van der Waals surface area contributed by atoms with Crippen LogP contribution in [-0.4, -0.2) is 23.4 Å². The fraction of sp³-hybridized carbons (Fsp3) is 0.154. The van der Waals surface area contributed by atoms with Crippen LogP contribution >= 0.6 is 0 Å². The van der Waals surface area contributed by atoms with Crippen molar-refractivity contribution in [2.24, 2.45) is 0 Å². The molecule has 0 aliphatic carbocycles. The molecule has 1 amide bonds. The highest BCUT2D eigenvalue weighted by Crippen LogP contribution is 2.42. The van der Waals surface area contributed by atoms with Crippen molar-refractivity contribution in [3.8, 4) is 5.75 Å². The predicted octanol–water partition coefficient (Wildman–Crippen LogP) is 5.16. The van der Waals surface area contributed by atoms with E-state index in [0.717, 1.165) is 5.56 Å². The summed E-state index contributed by atoms with van der Waals surface area (Å²) in [6, 6.07) is 18.6. The minimum absolute atomic E-state index is 0.0472. The molecule has 1 aliphatic heterocycles. The number of aryl methyl sites for hydroxylation is 1. The number of aliphatic hydroxyl groups excluding tert-OH is 1. The molecule has 3 aromatic rings. The fourth-order valence-electron chi connectivity index (χ4n) is 3.91. The van der Waals surface area contributed by atoms with Gasteiger partial charge in [0.25, 0.3) is 11.7 Å². The fourth-order valence-corrected chi connectivity index (χ4v) is 3.91. The van der Waals surface area contributed by atoms with Crippen LogP contribution in [0.25, 0.3) is 5.76 Å². The van der Waals surface area contributed by atoms with Gasteiger partial charge in [-0.1, -0.05) is 35.9 Å². The number of Topliss-reactive ketones (excluding diaryl/α,β-unsaturated/α-hetero) is 1. The molecule has 1 unspecified atom stereocenters. The van der Waals surface area contributed by atoms with Crippen LogP contribution in [0.1, 0.15) is 29.7 Å². The molecule has 5 nitrogen and oxygen atoms in total. The molecule has 3 aromatic carbocycles. The van der Waals surface area contributed by atoms with Gasteiger partial charge in [-0.25, -0.2) is 4.39 Å². The Morgan fingerprint density at radius 3 is 2.41 bits per heavy atom. The molecule has 0 saturated carbocycles. The topological polar surface area (TPSA) is 66.8 Å². The number of hydrogen-bond acceptors (Lipinski definition) is 4. The highest BCUT2D eigenvalue weighted by Gasteiger charge is 2.47. The molecule has 0 radical (unpaired) electrons. The maximum atomic E-state index is 14.0. The van der Waals surface area contributed by atoms with Crippen LogP contribution in [0.3, 0.4) is 0 Å². The van der Waals surface area contributed by atoms with Gasteiger partial charge in [0, 0.05) is 11.3 Å². The molecule has 1 aliphatic rings. The van der Waals surface area contributed by atoms with Crippen molar-refractivity contribution in [2.75, 3.05) is 11.5 Å². The van der Waals surface area contributed by atoms with Crippen LogP contribution in [-0.2, 0) is 9.59 Å². The molecule has 1 fully saturated rings. The zero-order valence-electron chi connectivity index (χ0n) is 17.7. The van der Waals surface area contributed by atoms with E-state index in [4.69, 9.17) is 4.74 Å². The number of ketones is 1. The number of amides is 1. The van der Waals surface area contributed by atoms with Gasteiger partial charge in [0.2, 0.25) is 0 Å². The zero-order chi connectivity index (χ0) is 22.8. The van der Waals surface area contributed by atoms with E-state index >= 15 is 0 Å². The Balaban J connectivity index is 1.90. The van der Waals surface area contributed by atoms with Gasteiger partial charge in [-0.15, -0.1) is 0 Å². The second kappa shape index (κ2) is 8.67. The van der Waals surface area contributed by atoms with E-state index in [9.17, 15) is 19.1 Å². The third-order valence-electron chi connectivity index (χ3n) is 5.33. The number of anilines is 1. The van der Waals surface area contributed by atoms with Crippen molar-refractivity contribution in [2.45, 2.75) is 19.9 Å². The summed E-state index contributed by atoms with van der Waals surface area (Å²) in [6.07, 6.45) is 0. The Kier molecular flexibility index (Phi) is 5.77. The van der Waals surface area contributed by atoms with Crippen molar-refractivity contribution >= 4 is 23.1 Å². The molecule has 1 saturated heterocycles. The van der Waals surface area contributed by atoms with Crippen LogP contribution in [0.5, 0.6) is 5.75 Å². The van der Waals surface area contributed by atoms with Crippen molar-refractivity contribution < 1.29 is 23.8 Å². The van der Waals surface area contributed by atoms with Crippen molar-refractivity contribution in [3.63, 3.8) is 0 Å². The quantitative estimate of drug-likeness (QED) is 0.344. The number of aliphatic hydroxyl groups is 1. The number of carbonyl (C=O) groups excluding carboxylic acids is 2. The van der Waals surface area contributed by atoms with E-state index in [0.29, 0.717) is 23.5 Å². The zero-order valence-corrected chi connectivity index (χ0v) is 17.7. The standard InChI is InChI=1S/C26H22FNO4/c1-3-32-21-12-10-17(11-13-21)24(29)22-23(18-7-4-6-16(2)14-18)28(26(31)25(22)30)20-9-5-8-19(27)15-20/h4-15,23,29H,3H2,1-2H3/b24-22+. The lowest BCUT2D eigenvalue weighted by Gasteiger charge is -2.25. The second-order valence-corrected chi connectivity index (χ2v) is 7.52. The number of nitrogens with zero attached hydrogens (tertiary/aromatic N) is 1. The summed E-state index contributed by atoms with van der Waals surface area (Å²) in [5.41, 5.74) is 2.14. The number of hydrogen-bond donors (Lipinski definition) is 1. The minimum atomic E-state index is -0.900. The summed E-state index contributed by atoms with van der Waals surface area (Å²) in [5.74, 6) is -1.85. The summed E-state index contributed by atoms with van der Waals surface area (Å²) < 4.78 is 19.4. The summed E-state index contributed by atoms with van der Waals surface area (Å²) in [6.45, 7) is 4.26. The van der Waals surface area contributed by atoms with E-state index in [1.807, 2.05) is 32.0 Å². The van der Waals surface area contributed by atoms with E-state index in [-0.39, 0.29) is 17.0 Å². The number of rotatable bonds is 5. The minimum Gasteiger partial charge on any atom is -0.507 e. The Labute approximate surface area is 185 Å². The van der Waals surface area contributed by atoms with E-state index in [2.05, 4.69) is 0 Å². The molecule has 1 atom stereocenters. The lowest BCUT2D eigenvalue weighted by atomic mass is 9.94. The highest BCUT2D eigenvalue weighted by atomic mass is 19.1. The molecule has 6 heteroatoms. The number of ether oxygens (including phenoxy) is 1. The Bertz CT molecular complexity index is 1220. The first-order valence-electron chi connectivity index (χ1n) is 10.3. The highest BCUT2D eigenvalue weighted by molar-refractivity contribution is 6.51. The predicted molar refractivity (Wildman–Crippen MR) is 120 cm³/mol. The molecular formula is C26H22FNO4. The van der Waals surface area contributed by atoms with Gasteiger partial charge in [-0.2, -0.15) is 0 Å². The van der Waals surface area contributed by atoms with E-state index in [1.54, 1.807) is 36.4 Å². The number of halogens is 1. The van der Waals surface area contributed by atoms with Crippen LogP contribution in [0.4, 0.5) is 10.1 Å². The normalized spacial score (nSPS) is 17.6. The van der Waals surface area contributed by atoms with Gasteiger partial charge in [-0.3, -0.25) is 14.5 Å². The van der Waals surface area contributed by atoms with Crippen molar-refractivity contribution in [1.29, 1.82) is 0 Å². The van der Waals surface area contributed by atoms with Gasteiger partial charge in [-0.05, 0) is 61.9 Å². The first-order chi connectivity index (χ1) is 15.4. The van der Waals surface area contributed by atoms with Crippen LogP contribution in [0, 0.1) is 12.7 Å². The maximum absolute atomic E-state index is 14.0. The maximum Gasteiger partial charge on any atom is 0.300 e. The monoisotopic (exact) mass is 431 g/mol. The average molecular weight is 431 g/mol. The summed E-state index contributed by atoms with van der Waals surface area (Å²) in [7, 11) is 0. The first kappa shape index (κ1) is 21.3. The third-order valence-corrected chi connectivity index (χ3v) is 5.33. The van der Waals surface area contributed by atoms with Gasteiger partial charge < -0.3 is 9.84 Å². The van der Waals surface area contributed by atoms with E-state index in [1.165, 1.54) is 23.1 Å². The molecule has 0 spiro atoms. The average Bonchev–Trinajstić information content (AvgIpc) is 3.05. The lowest BCUT2D eigenvalue weighted by molar-refractivity contribution is -0.132. The van der Waals surface area contributed by atoms with Crippen molar-refractivity contribution in [3.05, 3.63) is 101 Å². The summed E-state index contributed by atoms with van der Waals surface area (Å²) in [5, 5.41) is 11.1. The Morgan fingerprint density at radius 1 is 1.03 bits per heavy atom. The molecule has 1 N–H and O–H groups in total. The van der Waals surface area contributed by atoms with Gasteiger partial charge in [0.1, 0.15) is 17.3 Å². The van der Waals surface area contributed by atoms with Gasteiger partial charge in [0.05, 0.1) is 18.2 Å². The smallest absolute Gasteiger partial charge is 0.300 e. The van der Waals surface area contributed by atoms with Crippen LogP contribution in [0.15, 0.2) is 78.4 Å². The molecule has 32 heavy (non-hydrogen) atoms. The molecule has 1 heterocycles. The number of benzene rings is 3. The summed E-state index contributed by atoms with van der Waals surface area (Å²) >= 11 is 0. The van der Waals surface area contributed by atoms with Crippen LogP contribution in [0.2, 0.25) is 0 Å². The largest absolute Gasteiger partial charge is 0.507 e. The second-order valence-electron chi connectivity index (χ2n) is 7.52. The molecule has 4 rings (SSSR count). The molecular weight excluding hydrogens is 409 g/mol. The SMILES string of the molecule is CCOc1ccc(/C(O)=C2\C(=O)C(=O)N(c3cccc(F)c3)C2c2cccc(C)c2)cc1. The molecule has 0 bridgehead atoms. The first-order valence-corrected chi connectivity index (χ1v) is 10.3.